The van der Waals surface area contributed by atoms with E-state index in [0.29, 0.717) is 54.5 Å². The Hall–Kier alpha value is -2.27. The van der Waals surface area contributed by atoms with Crippen LogP contribution in [0.25, 0.3) is 0 Å². The second-order valence-corrected chi connectivity index (χ2v) is 7.53. The Labute approximate surface area is 163 Å². The molecule has 2 atom stereocenters. The highest BCUT2D eigenvalue weighted by Crippen LogP contribution is 2.44. The molecule has 148 valence electrons. The van der Waals surface area contributed by atoms with E-state index in [4.69, 9.17) is 9.47 Å². The molecular formula is C23H23F3O2. The lowest BCUT2D eigenvalue weighted by Gasteiger charge is -2.29. The van der Waals surface area contributed by atoms with Gasteiger partial charge in [-0.3, -0.25) is 0 Å². The van der Waals surface area contributed by atoms with Gasteiger partial charge in [0.1, 0.15) is 0 Å². The van der Waals surface area contributed by atoms with E-state index in [2.05, 4.69) is 6.58 Å². The van der Waals surface area contributed by atoms with Gasteiger partial charge in [-0.05, 0) is 30.9 Å². The molecule has 0 saturated carbocycles. The first-order chi connectivity index (χ1) is 13.5. The third-order valence-electron chi connectivity index (χ3n) is 5.62. The van der Waals surface area contributed by atoms with Crippen molar-refractivity contribution in [2.24, 2.45) is 5.92 Å². The van der Waals surface area contributed by atoms with Gasteiger partial charge in [0, 0.05) is 29.0 Å². The van der Waals surface area contributed by atoms with Crippen molar-refractivity contribution < 1.29 is 22.6 Å². The summed E-state index contributed by atoms with van der Waals surface area (Å²) in [5.41, 5.74) is 1.90. The lowest BCUT2D eigenvalue weighted by atomic mass is 9.91. The molecule has 0 aromatic heterocycles. The Balaban J connectivity index is 1.67. The van der Waals surface area contributed by atoms with Crippen molar-refractivity contribution in [1.29, 1.82) is 0 Å². The van der Waals surface area contributed by atoms with Crippen LogP contribution in [0.5, 0.6) is 11.5 Å². The quantitative estimate of drug-likeness (QED) is 0.481. The van der Waals surface area contributed by atoms with Crippen LogP contribution in [0.2, 0.25) is 0 Å². The fourth-order valence-corrected chi connectivity index (χ4v) is 4.03. The fourth-order valence-electron chi connectivity index (χ4n) is 4.03. The van der Waals surface area contributed by atoms with E-state index in [9.17, 15) is 8.78 Å². The molecule has 0 radical (unpaired) electrons. The van der Waals surface area contributed by atoms with Crippen molar-refractivity contribution in [3.05, 3.63) is 70.6 Å². The van der Waals surface area contributed by atoms with Gasteiger partial charge in [0.05, 0.1) is 12.7 Å². The lowest BCUT2D eigenvalue weighted by Crippen LogP contribution is -2.20. The van der Waals surface area contributed by atoms with E-state index in [1.165, 1.54) is 0 Å². The Kier molecular flexibility index (Phi) is 5.19. The number of rotatable bonds is 4. The second kappa shape index (κ2) is 7.63. The van der Waals surface area contributed by atoms with Gasteiger partial charge in [0.15, 0.2) is 23.1 Å². The van der Waals surface area contributed by atoms with Crippen LogP contribution in [-0.2, 0) is 17.6 Å². The van der Waals surface area contributed by atoms with Gasteiger partial charge >= 0.3 is 0 Å². The summed E-state index contributed by atoms with van der Waals surface area (Å²) in [6.45, 7) is 6.17. The van der Waals surface area contributed by atoms with Crippen molar-refractivity contribution in [3.8, 4) is 11.5 Å². The van der Waals surface area contributed by atoms with Crippen molar-refractivity contribution in [3.63, 3.8) is 0 Å². The highest BCUT2D eigenvalue weighted by Gasteiger charge is 2.31. The number of hydrogen-bond acceptors (Lipinski definition) is 2. The summed E-state index contributed by atoms with van der Waals surface area (Å²) in [6, 6.07) is 5.14. The Morgan fingerprint density at radius 1 is 1.07 bits per heavy atom. The van der Waals surface area contributed by atoms with E-state index in [1.807, 2.05) is 13.0 Å². The number of benzene rings is 2. The summed E-state index contributed by atoms with van der Waals surface area (Å²) in [6.07, 6.45) is 4.48. The number of hydrogen-bond donors (Lipinski definition) is 0. The maximum absolute atomic E-state index is 15.2. The van der Waals surface area contributed by atoms with Crippen LogP contribution in [0.3, 0.4) is 0 Å². The molecule has 2 heterocycles. The van der Waals surface area contributed by atoms with Crippen molar-refractivity contribution >= 4 is 0 Å². The van der Waals surface area contributed by atoms with Crippen molar-refractivity contribution in [2.75, 3.05) is 6.61 Å². The Morgan fingerprint density at radius 2 is 1.86 bits per heavy atom. The summed E-state index contributed by atoms with van der Waals surface area (Å²) in [5.74, 6) is -2.47. The normalized spacial score (nSPS) is 20.9. The molecule has 2 nitrogen and oxygen atoms in total. The molecule has 0 aliphatic carbocycles. The highest BCUT2D eigenvalue weighted by atomic mass is 19.2. The first-order valence-electron chi connectivity index (χ1n) is 9.76. The predicted octanol–water partition coefficient (Wildman–Crippen LogP) is 6.41. The molecule has 28 heavy (non-hydrogen) atoms. The van der Waals surface area contributed by atoms with Gasteiger partial charge in [-0.1, -0.05) is 31.6 Å². The molecule has 5 heteroatoms. The summed E-state index contributed by atoms with van der Waals surface area (Å²) >= 11 is 0. The van der Waals surface area contributed by atoms with Crippen LogP contribution in [0.4, 0.5) is 13.2 Å². The summed E-state index contributed by atoms with van der Waals surface area (Å²) < 4.78 is 55.5. The van der Waals surface area contributed by atoms with Gasteiger partial charge in [0.2, 0.25) is 5.82 Å². The van der Waals surface area contributed by atoms with Crippen LogP contribution >= 0.6 is 0 Å². The molecule has 4 rings (SSSR count). The maximum atomic E-state index is 15.2. The number of halogens is 3. The Morgan fingerprint density at radius 3 is 2.54 bits per heavy atom. The van der Waals surface area contributed by atoms with Crippen LogP contribution in [-0.4, -0.2) is 6.61 Å². The Bertz CT molecular complexity index is 915. The molecule has 0 N–H and O–H groups in total. The molecule has 0 bridgehead atoms. The average Bonchev–Trinajstić information content (AvgIpc) is 2.72. The zero-order valence-corrected chi connectivity index (χ0v) is 15.9. The topological polar surface area (TPSA) is 18.5 Å². The van der Waals surface area contributed by atoms with Crippen LogP contribution in [0.15, 0.2) is 30.9 Å². The molecule has 1 saturated heterocycles. The maximum Gasteiger partial charge on any atom is 0.201 e. The molecule has 2 aliphatic rings. The van der Waals surface area contributed by atoms with Gasteiger partial charge in [0.25, 0.3) is 0 Å². The summed E-state index contributed by atoms with van der Waals surface area (Å²) in [7, 11) is 0. The van der Waals surface area contributed by atoms with Crippen LogP contribution < -0.4 is 4.74 Å². The molecular weight excluding hydrogens is 365 g/mol. The first kappa shape index (κ1) is 19.1. The number of ether oxygens (including phenoxy) is 2. The fraction of sp³-hybridized carbons (Fsp3) is 0.391. The minimum atomic E-state index is -1.04. The second-order valence-electron chi connectivity index (χ2n) is 7.53. The highest BCUT2D eigenvalue weighted by molar-refractivity contribution is 5.54. The zero-order valence-electron chi connectivity index (χ0n) is 15.9. The molecule has 0 spiro atoms. The van der Waals surface area contributed by atoms with Crippen molar-refractivity contribution in [2.45, 2.75) is 45.1 Å². The zero-order chi connectivity index (χ0) is 19.8. The summed E-state index contributed by atoms with van der Waals surface area (Å²) in [5, 5.41) is 0. The third kappa shape index (κ3) is 3.22. The number of aryl methyl sites for hydroxylation is 1. The van der Waals surface area contributed by atoms with E-state index in [-0.39, 0.29) is 23.5 Å². The summed E-state index contributed by atoms with van der Waals surface area (Å²) in [4.78, 5) is 0. The molecule has 2 aromatic carbocycles. The standard InChI is InChI=1S/C23H23F3O2/c1-3-5-14-10-16-11-15-7-8-17(18-9-6-13(4-2)12-27-18)20(25)22(15)28-23(16)21(26)19(14)24/h4,7-8,10,13,18H,2-3,5-6,9,11-12H2,1H3. The van der Waals surface area contributed by atoms with Gasteiger partial charge in [-0.2, -0.15) is 4.39 Å². The van der Waals surface area contributed by atoms with Crippen LogP contribution in [0.1, 0.15) is 54.5 Å². The van der Waals surface area contributed by atoms with Gasteiger partial charge in [-0.15, -0.1) is 6.58 Å². The first-order valence-corrected chi connectivity index (χ1v) is 9.76. The SMILES string of the molecule is C=CC1CCC(c2ccc3c(c2F)Oc2c(cc(CCC)c(F)c2F)C3)OC1. The molecule has 1 fully saturated rings. The monoisotopic (exact) mass is 388 g/mol. The average molecular weight is 388 g/mol. The van der Waals surface area contributed by atoms with E-state index in [1.54, 1.807) is 18.2 Å². The minimum absolute atomic E-state index is 0.0269. The third-order valence-corrected chi connectivity index (χ3v) is 5.62. The van der Waals surface area contributed by atoms with Crippen molar-refractivity contribution in [1.82, 2.24) is 0 Å². The van der Waals surface area contributed by atoms with E-state index < -0.39 is 17.5 Å². The molecule has 0 amide bonds. The van der Waals surface area contributed by atoms with Gasteiger partial charge < -0.3 is 9.47 Å². The molecule has 2 unspecified atom stereocenters. The lowest BCUT2D eigenvalue weighted by molar-refractivity contribution is -0.00721. The molecule has 2 aromatic rings. The number of fused-ring (bicyclic) bond motifs is 2. The van der Waals surface area contributed by atoms with E-state index >= 15 is 4.39 Å². The predicted molar refractivity (Wildman–Crippen MR) is 101 cm³/mol. The molecule has 2 aliphatic heterocycles. The van der Waals surface area contributed by atoms with Crippen LogP contribution in [0, 0.1) is 23.4 Å². The van der Waals surface area contributed by atoms with Gasteiger partial charge in [-0.25, -0.2) is 8.78 Å². The minimum Gasteiger partial charge on any atom is -0.450 e. The smallest absolute Gasteiger partial charge is 0.201 e. The van der Waals surface area contributed by atoms with E-state index in [0.717, 1.165) is 6.42 Å². The largest absolute Gasteiger partial charge is 0.450 e.